The molecule has 21 heavy (non-hydrogen) atoms. The van der Waals surface area contributed by atoms with Crippen LogP contribution in [0, 0.1) is 0 Å². The lowest BCUT2D eigenvalue weighted by Crippen LogP contribution is -2.45. The summed E-state index contributed by atoms with van der Waals surface area (Å²) in [4.78, 5) is 5.19. The highest BCUT2D eigenvalue weighted by molar-refractivity contribution is 7.98. The molecule has 2 nitrogen and oxygen atoms in total. The van der Waals surface area contributed by atoms with Gasteiger partial charge in [-0.15, -0.1) is 23.1 Å². The third-order valence-electron chi connectivity index (χ3n) is 3.81. The van der Waals surface area contributed by atoms with Crippen LogP contribution in [-0.2, 0) is 0 Å². The number of nitrogens with one attached hydrogen (secondary N) is 1. The van der Waals surface area contributed by atoms with Crippen LogP contribution in [0.25, 0.3) is 0 Å². The number of nitrogens with zero attached hydrogens (tertiary/aromatic N) is 1. The van der Waals surface area contributed by atoms with E-state index >= 15 is 0 Å². The van der Waals surface area contributed by atoms with Crippen molar-refractivity contribution in [3.05, 3.63) is 51.2 Å². The zero-order valence-corrected chi connectivity index (χ0v) is 14.4. The van der Waals surface area contributed by atoms with Gasteiger partial charge in [-0.1, -0.05) is 23.7 Å². The standard InChI is InChI=1S/C16H19ClN2S2/c1-20-13-4-2-12(3-5-13)16(14-6-7-15(17)21-14)19-10-8-18-9-11-19/h2-7,16,18H,8-11H2,1H3. The van der Waals surface area contributed by atoms with E-state index in [1.54, 1.807) is 23.1 Å². The number of benzene rings is 1. The molecule has 0 saturated carbocycles. The molecule has 0 radical (unpaired) electrons. The van der Waals surface area contributed by atoms with Gasteiger partial charge in [-0.25, -0.2) is 0 Å². The van der Waals surface area contributed by atoms with E-state index in [1.807, 2.05) is 6.07 Å². The summed E-state index contributed by atoms with van der Waals surface area (Å²) in [5, 5.41) is 3.43. The Bertz CT molecular complexity index is 576. The van der Waals surface area contributed by atoms with Crippen molar-refractivity contribution >= 4 is 34.7 Å². The van der Waals surface area contributed by atoms with Gasteiger partial charge in [0.05, 0.1) is 10.4 Å². The highest BCUT2D eigenvalue weighted by atomic mass is 35.5. The van der Waals surface area contributed by atoms with E-state index in [2.05, 4.69) is 46.8 Å². The Balaban J connectivity index is 1.93. The van der Waals surface area contributed by atoms with Gasteiger partial charge in [0.1, 0.15) is 0 Å². The molecule has 1 saturated heterocycles. The number of thiophene rings is 1. The van der Waals surface area contributed by atoms with Crippen molar-refractivity contribution in [1.29, 1.82) is 0 Å². The number of rotatable bonds is 4. The molecule has 1 aliphatic rings. The van der Waals surface area contributed by atoms with Crippen LogP contribution >= 0.6 is 34.7 Å². The van der Waals surface area contributed by atoms with Crippen molar-refractivity contribution in [3.63, 3.8) is 0 Å². The minimum absolute atomic E-state index is 0.320. The maximum Gasteiger partial charge on any atom is 0.0931 e. The van der Waals surface area contributed by atoms with Crippen molar-refractivity contribution in [2.45, 2.75) is 10.9 Å². The minimum Gasteiger partial charge on any atom is -0.314 e. The average Bonchev–Trinajstić information content (AvgIpc) is 2.95. The van der Waals surface area contributed by atoms with Gasteiger partial charge in [0, 0.05) is 36.0 Å². The molecule has 0 spiro atoms. The Morgan fingerprint density at radius 2 is 1.86 bits per heavy atom. The Morgan fingerprint density at radius 3 is 2.43 bits per heavy atom. The molecule has 1 atom stereocenters. The maximum atomic E-state index is 6.16. The van der Waals surface area contributed by atoms with Gasteiger partial charge in [0.25, 0.3) is 0 Å². The van der Waals surface area contributed by atoms with Gasteiger partial charge in [-0.05, 0) is 36.1 Å². The summed E-state index contributed by atoms with van der Waals surface area (Å²) in [6, 6.07) is 13.4. The highest BCUT2D eigenvalue weighted by Crippen LogP contribution is 2.35. The topological polar surface area (TPSA) is 15.3 Å². The van der Waals surface area contributed by atoms with Crippen LogP contribution in [0.5, 0.6) is 0 Å². The van der Waals surface area contributed by atoms with Crippen LogP contribution in [0.4, 0.5) is 0 Å². The zero-order chi connectivity index (χ0) is 14.7. The van der Waals surface area contributed by atoms with Crippen molar-refractivity contribution in [2.24, 2.45) is 0 Å². The molecule has 1 aromatic heterocycles. The minimum atomic E-state index is 0.320. The van der Waals surface area contributed by atoms with E-state index in [4.69, 9.17) is 11.6 Å². The monoisotopic (exact) mass is 338 g/mol. The van der Waals surface area contributed by atoms with Crippen molar-refractivity contribution < 1.29 is 0 Å². The van der Waals surface area contributed by atoms with E-state index in [0.717, 1.165) is 30.5 Å². The fraction of sp³-hybridized carbons (Fsp3) is 0.375. The Labute approximate surface area is 139 Å². The van der Waals surface area contributed by atoms with Gasteiger partial charge in [0.15, 0.2) is 0 Å². The van der Waals surface area contributed by atoms with Crippen LogP contribution in [0.1, 0.15) is 16.5 Å². The maximum absolute atomic E-state index is 6.16. The second-order valence-corrected chi connectivity index (χ2v) is 7.73. The lowest BCUT2D eigenvalue weighted by molar-refractivity contribution is 0.200. The first-order chi connectivity index (χ1) is 10.3. The molecule has 0 bridgehead atoms. The number of hydrogen-bond donors (Lipinski definition) is 1. The Hall–Kier alpha value is -0.520. The lowest BCUT2D eigenvalue weighted by Gasteiger charge is -2.34. The first-order valence-electron chi connectivity index (χ1n) is 7.12. The summed E-state index contributed by atoms with van der Waals surface area (Å²) in [7, 11) is 0. The predicted molar refractivity (Wildman–Crippen MR) is 93.8 cm³/mol. The quantitative estimate of drug-likeness (QED) is 0.844. The molecule has 1 aliphatic heterocycles. The summed E-state index contributed by atoms with van der Waals surface area (Å²) in [5.41, 5.74) is 1.35. The number of piperazine rings is 1. The molecule has 3 rings (SSSR count). The predicted octanol–water partition coefficient (Wildman–Crippen LogP) is 4.12. The molecule has 0 aliphatic carbocycles. The first-order valence-corrected chi connectivity index (χ1v) is 9.54. The summed E-state index contributed by atoms with van der Waals surface area (Å²) in [6.07, 6.45) is 2.11. The Morgan fingerprint density at radius 1 is 1.14 bits per heavy atom. The summed E-state index contributed by atoms with van der Waals surface area (Å²) in [6.45, 7) is 4.26. The molecule has 1 N–H and O–H groups in total. The summed E-state index contributed by atoms with van der Waals surface area (Å²) >= 11 is 9.64. The fourth-order valence-corrected chi connectivity index (χ4v) is 4.39. The molecule has 1 fully saturated rings. The smallest absolute Gasteiger partial charge is 0.0931 e. The van der Waals surface area contributed by atoms with E-state index in [1.165, 1.54) is 15.3 Å². The van der Waals surface area contributed by atoms with Crippen LogP contribution < -0.4 is 5.32 Å². The van der Waals surface area contributed by atoms with E-state index in [0.29, 0.717) is 6.04 Å². The largest absolute Gasteiger partial charge is 0.314 e. The summed E-state index contributed by atoms with van der Waals surface area (Å²) in [5.74, 6) is 0. The SMILES string of the molecule is CSc1ccc(C(c2ccc(Cl)s2)N2CCNCC2)cc1. The molecule has 1 unspecified atom stereocenters. The molecule has 112 valence electrons. The van der Waals surface area contributed by atoms with Crippen LogP contribution in [0.2, 0.25) is 4.34 Å². The number of halogens is 1. The molecule has 5 heteroatoms. The Kier molecular flexibility index (Phi) is 5.24. The molecule has 1 aromatic carbocycles. The number of thioether (sulfide) groups is 1. The average molecular weight is 339 g/mol. The van der Waals surface area contributed by atoms with Gasteiger partial charge in [-0.3, -0.25) is 4.90 Å². The van der Waals surface area contributed by atoms with Gasteiger partial charge < -0.3 is 5.32 Å². The van der Waals surface area contributed by atoms with Crippen molar-refractivity contribution in [2.75, 3.05) is 32.4 Å². The fourth-order valence-electron chi connectivity index (χ4n) is 2.76. The molecule has 2 heterocycles. The summed E-state index contributed by atoms with van der Waals surface area (Å²) < 4.78 is 0.867. The molecule has 2 aromatic rings. The number of hydrogen-bond acceptors (Lipinski definition) is 4. The van der Waals surface area contributed by atoms with Crippen molar-refractivity contribution in [3.8, 4) is 0 Å². The van der Waals surface area contributed by atoms with Crippen LogP contribution in [0.3, 0.4) is 0 Å². The third-order valence-corrected chi connectivity index (χ3v) is 5.84. The van der Waals surface area contributed by atoms with Gasteiger partial charge in [-0.2, -0.15) is 0 Å². The van der Waals surface area contributed by atoms with Crippen LogP contribution in [0.15, 0.2) is 41.3 Å². The second kappa shape index (κ2) is 7.16. The lowest BCUT2D eigenvalue weighted by atomic mass is 10.0. The van der Waals surface area contributed by atoms with E-state index in [9.17, 15) is 0 Å². The van der Waals surface area contributed by atoms with E-state index in [-0.39, 0.29) is 0 Å². The van der Waals surface area contributed by atoms with Gasteiger partial charge >= 0.3 is 0 Å². The molecule has 0 amide bonds. The zero-order valence-electron chi connectivity index (χ0n) is 12.0. The molecular weight excluding hydrogens is 320 g/mol. The van der Waals surface area contributed by atoms with Crippen molar-refractivity contribution in [1.82, 2.24) is 10.2 Å². The normalized spacial score (nSPS) is 17.8. The van der Waals surface area contributed by atoms with Gasteiger partial charge in [0.2, 0.25) is 0 Å². The first kappa shape index (κ1) is 15.4. The highest BCUT2D eigenvalue weighted by Gasteiger charge is 2.25. The molecular formula is C16H19ClN2S2. The second-order valence-electron chi connectivity index (χ2n) is 5.10. The van der Waals surface area contributed by atoms with E-state index < -0.39 is 0 Å². The van der Waals surface area contributed by atoms with Crippen LogP contribution in [-0.4, -0.2) is 37.3 Å². The third kappa shape index (κ3) is 3.63.